The van der Waals surface area contributed by atoms with Gasteiger partial charge in [-0.05, 0) is 44.7 Å². The van der Waals surface area contributed by atoms with E-state index in [0.717, 1.165) is 31.4 Å². The molecule has 0 saturated carbocycles. The summed E-state index contributed by atoms with van der Waals surface area (Å²) in [5.74, 6) is -0.872. The number of ether oxygens (including phenoxy) is 1. The number of nitrogens with one attached hydrogen (secondary N) is 1. The number of carbonyl (C=O) groups excluding carboxylic acids is 2. The van der Waals surface area contributed by atoms with E-state index in [1.165, 1.54) is 6.07 Å². The van der Waals surface area contributed by atoms with Gasteiger partial charge in [0.15, 0.2) is 6.61 Å². The SMILES string of the molecule is CCN(C(=O)COC(=O)CN=C1NS(=O)(=O)c2ccccc21)C1=CCCCC1. The Kier molecular flexibility index (Phi) is 6.13. The van der Waals surface area contributed by atoms with Gasteiger partial charge >= 0.3 is 5.97 Å². The molecule has 1 N–H and O–H groups in total. The van der Waals surface area contributed by atoms with Crippen molar-refractivity contribution in [1.29, 1.82) is 0 Å². The molecule has 1 aliphatic heterocycles. The van der Waals surface area contributed by atoms with E-state index in [-0.39, 0.29) is 29.8 Å². The van der Waals surface area contributed by atoms with Crippen molar-refractivity contribution in [3.8, 4) is 0 Å². The molecule has 9 heteroatoms. The van der Waals surface area contributed by atoms with Crippen molar-refractivity contribution in [1.82, 2.24) is 9.62 Å². The summed E-state index contributed by atoms with van der Waals surface area (Å²) >= 11 is 0. The first-order valence-corrected chi connectivity index (χ1v) is 10.7. The number of carbonyl (C=O) groups is 2. The second-order valence-corrected chi connectivity index (χ2v) is 8.16. The van der Waals surface area contributed by atoms with Crippen LogP contribution in [0.3, 0.4) is 0 Å². The van der Waals surface area contributed by atoms with Crippen LogP contribution in [0.25, 0.3) is 0 Å². The van der Waals surface area contributed by atoms with E-state index < -0.39 is 16.0 Å². The Labute approximate surface area is 164 Å². The Balaban J connectivity index is 1.57. The second-order valence-electron chi connectivity index (χ2n) is 6.51. The van der Waals surface area contributed by atoms with Gasteiger partial charge in [-0.1, -0.05) is 18.2 Å². The number of likely N-dealkylation sites (N-methyl/N-ethyl adjacent to an activating group) is 1. The van der Waals surface area contributed by atoms with Crippen LogP contribution in [0.1, 0.15) is 38.2 Å². The zero-order valence-electron chi connectivity index (χ0n) is 15.7. The van der Waals surface area contributed by atoms with Gasteiger partial charge in [0, 0.05) is 17.8 Å². The second kappa shape index (κ2) is 8.55. The Bertz CT molecular complexity index is 937. The molecule has 1 aromatic carbocycles. The summed E-state index contributed by atoms with van der Waals surface area (Å²) in [6, 6.07) is 6.38. The van der Waals surface area contributed by atoms with Crippen LogP contribution in [0.2, 0.25) is 0 Å². The fourth-order valence-corrected chi connectivity index (χ4v) is 4.52. The topological polar surface area (TPSA) is 105 Å². The lowest BCUT2D eigenvalue weighted by atomic mass is 10.0. The first-order chi connectivity index (χ1) is 13.4. The predicted octanol–water partition coefficient (Wildman–Crippen LogP) is 1.57. The van der Waals surface area contributed by atoms with Crippen LogP contribution in [0, 0.1) is 0 Å². The lowest BCUT2D eigenvalue weighted by molar-refractivity contribution is -0.150. The summed E-state index contributed by atoms with van der Waals surface area (Å²) in [7, 11) is -3.66. The van der Waals surface area contributed by atoms with Gasteiger partial charge in [-0.3, -0.25) is 19.3 Å². The van der Waals surface area contributed by atoms with Crippen molar-refractivity contribution in [2.24, 2.45) is 4.99 Å². The normalized spacial score (nSPS) is 18.8. The third kappa shape index (κ3) is 4.41. The van der Waals surface area contributed by atoms with Crippen molar-refractivity contribution in [3.05, 3.63) is 41.6 Å². The number of amides is 1. The summed E-state index contributed by atoms with van der Waals surface area (Å²) in [5.41, 5.74) is 1.39. The Morgan fingerprint density at radius 3 is 2.75 bits per heavy atom. The third-order valence-electron chi connectivity index (χ3n) is 4.62. The Morgan fingerprint density at radius 1 is 1.25 bits per heavy atom. The van der Waals surface area contributed by atoms with Crippen molar-refractivity contribution in [2.45, 2.75) is 37.5 Å². The highest BCUT2D eigenvalue weighted by atomic mass is 32.2. The highest BCUT2D eigenvalue weighted by molar-refractivity contribution is 7.90. The van der Waals surface area contributed by atoms with Crippen LogP contribution >= 0.6 is 0 Å². The fraction of sp³-hybridized carbons (Fsp3) is 0.421. The van der Waals surface area contributed by atoms with E-state index in [2.05, 4.69) is 15.8 Å². The van der Waals surface area contributed by atoms with Crippen molar-refractivity contribution in [2.75, 3.05) is 19.7 Å². The van der Waals surface area contributed by atoms with E-state index in [1.54, 1.807) is 23.1 Å². The highest BCUT2D eigenvalue weighted by Crippen LogP contribution is 2.22. The van der Waals surface area contributed by atoms with Gasteiger partial charge in [0.1, 0.15) is 12.4 Å². The first kappa shape index (κ1) is 20.1. The Hall–Kier alpha value is -2.68. The molecule has 0 fully saturated rings. The molecule has 0 bridgehead atoms. The van der Waals surface area contributed by atoms with E-state index in [0.29, 0.717) is 12.1 Å². The lowest BCUT2D eigenvalue weighted by Crippen LogP contribution is -2.34. The van der Waals surface area contributed by atoms with Crippen molar-refractivity contribution < 1.29 is 22.7 Å². The zero-order chi connectivity index (χ0) is 20.1. The summed E-state index contributed by atoms with van der Waals surface area (Å²) < 4.78 is 31.4. The standard InChI is InChI=1S/C19H23N3O5S/c1-2-22(14-8-4-3-5-9-14)17(23)13-27-18(24)12-20-19-15-10-6-7-11-16(15)28(25,26)21-19/h6-8,10-11H,2-5,9,12-13H2,1H3,(H,20,21). The molecule has 1 heterocycles. The van der Waals surface area contributed by atoms with Gasteiger partial charge in [0.25, 0.3) is 15.9 Å². The number of rotatable bonds is 6. The maximum absolute atomic E-state index is 12.4. The number of amidine groups is 1. The molecule has 8 nitrogen and oxygen atoms in total. The summed E-state index contributed by atoms with van der Waals surface area (Å²) in [4.78, 5) is 30.1. The molecule has 0 aromatic heterocycles. The van der Waals surface area contributed by atoms with Crippen LogP contribution in [0.4, 0.5) is 0 Å². The number of fused-ring (bicyclic) bond motifs is 1. The molecule has 0 atom stereocenters. The largest absolute Gasteiger partial charge is 0.454 e. The van der Waals surface area contributed by atoms with Crippen LogP contribution in [-0.2, 0) is 24.3 Å². The smallest absolute Gasteiger partial charge is 0.328 e. The third-order valence-corrected chi connectivity index (χ3v) is 6.01. The monoisotopic (exact) mass is 405 g/mol. The molecule has 28 heavy (non-hydrogen) atoms. The lowest BCUT2D eigenvalue weighted by Gasteiger charge is -2.26. The van der Waals surface area contributed by atoms with Gasteiger partial charge in [0.2, 0.25) is 0 Å². The minimum Gasteiger partial charge on any atom is -0.454 e. The van der Waals surface area contributed by atoms with Crippen molar-refractivity contribution >= 4 is 27.7 Å². The number of allylic oxidation sites excluding steroid dienone is 2. The molecule has 0 radical (unpaired) electrons. The quantitative estimate of drug-likeness (QED) is 0.724. The summed E-state index contributed by atoms with van der Waals surface area (Å²) in [5, 5.41) is 0. The minimum absolute atomic E-state index is 0.0985. The molecule has 150 valence electrons. The van der Waals surface area contributed by atoms with Gasteiger partial charge in [-0.2, -0.15) is 0 Å². The van der Waals surface area contributed by atoms with Gasteiger partial charge < -0.3 is 9.64 Å². The first-order valence-electron chi connectivity index (χ1n) is 9.24. The summed E-state index contributed by atoms with van der Waals surface area (Å²) in [6.45, 7) is 1.65. The van der Waals surface area contributed by atoms with Crippen LogP contribution in [0.15, 0.2) is 45.9 Å². The van der Waals surface area contributed by atoms with Crippen LogP contribution < -0.4 is 4.72 Å². The molecule has 0 unspecified atom stereocenters. The number of sulfonamides is 1. The van der Waals surface area contributed by atoms with Gasteiger partial charge in [-0.25, -0.2) is 8.42 Å². The van der Waals surface area contributed by atoms with Crippen molar-refractivity contribution in [3.63, 3.8) is 0 Å². The zero-order valence-corrected chi connectivity index (χ0v) is 16.5. The average molecular weight is 405 g/mol. The van der Waals surface area contributed by atoms with Crippen LogP contribution in [0.5, 0.6) is 0 Å². The van der Waals surface area contributed by atoms with Crippen LogP contribution in [-0.4, -0.2) is 50.7 Å². The van der Waals surface area contributed by atoms with Gasteiger partial charge in [-0.15, -0.1) is 0 Å². The van der Waals surface area contributed by atoms with E-state index in [9.17, 15) is 18.0 Å². The molecule has 1 amide bonds. The average Bonchev–Trinajstić information content (AvgIpc) is 2.97. The number of aliphatic imine (C=N–C) groups is 1. The van der Waals surface area contributed by atoms with E-state index >= 15 is 0 Å². The molecule has 1 aliphatic carbocycles. The molecule has 3 rings (SSSR count). The molecule has 0 spiro atoms. The fourth-order valence-electron chi connectivity index (χ4n) is 3.27. The number of nitrogens with zero attached hydrogens (tertiary/aromatic N) is 2. The molecular weight excluding hydrogens is 382 g/mol. The molecule has 0 saturated heterocycles. The number of esters is 1. The predicted molar refractivity (Wildman–Crippen MR) is 103 cm³/mol. The number of hydrogen-bond donors (Lipinski definition) is 1. The Morgan fingerprint density at radius 2 is 2.04 bits per heavy atom. The number of benzene rings is 1. The maximum atomic E-state index is 12.4. The number of hydrogen-bond acceptors (Lipinski definition) is 6. The molecule has 1 aromatic rings. The van der Waals surface area contributed by atoms with E-state index in [4.69, 9.17) is 4.74 Å². The highest BCUT2D eigenvalue weighted by Gasteiger charge is 2.30. The maximum Gasteiger partial charge on any atom is 0.328 e. The summed E-state index contributed by atoms with van der Waals surface area (Å²) in [6.07, 6.45) is 6.03. The van der Waals surface area contributed by atoms with Gasteiger partial charge in [0.05, 0.1) is 4.90 Å². The van der Waals surface area contributed by atoms with E-state index in [1.807, 2.05) is 6.92 Å². The molecular formula is C19H23N3O5S. The molecule has 2 aliphatic rings. The minimum atomic E-state index is -3.66.